The summed E-state index contributed by atoms with van der Waals surface area (Å²) in [5, 5.41) is 12.4. The van der Waals surface area contributed by atoms with E-state index >= 15 is 0 Å². The van der Waals surface area contributed by atoms with Gasteiger partial charge in [0.25, 0.3) is 0 Å². The van der Waals surface area contributed by atoms with Gasteiger partial charge in [0.05, 0.1) is 27.2 Å². The molecule has 160 valence electrons. The maximum atomic E-state index is 12.5. The highest BCUT2D eigenvalue weighted by atomic mass is 16.5. The lowest BCUT2D eigenvalue weighted by molar-refractivity contribution is -0.131. The zero-order chi connectivity index (χ0) is 21.3. The predicted octanol–water partition coefficient (Wildman–Crippen LogP) is 2.36. The Balaban J connectivity index is 1.54. The number of methoxy groups -OCH3 is 2. The van der Waals surface area contributed by atoms with E-state index in [1.54, 1.807) is 25.3 Å². The summed E-state index contributed by atoms with van der Waals surface area (Å²) in [6, 6.07) is 7.42. The molecule has 30 heavy (non-hydrogen) atoms. The fourth-order valence-corrected chi connectivity index (χ4v) is 3.13. The number of likely N-dealkylation sites (N-methyl/N-ethyl adjacent to an activating group) is 1. The number of nitrogens with zero attached hydrogens (tertiary/aromatic N) is 5. The lowest BCUT2D eigenvalue weighted by Gasteiger charge is -2.20. The highest BCUT2D eigenvalue weighted by Gasteiger charge is 2.15. The van der Waals surface area contributed by atoms with Crippen molar-refractivity contribution in [3.05, 3.63) is 54.0 Å². The van der Waals surface area contributed by atoms with Gasteiger partial charge in [-0.25, -0.2) is 0 Å². The minimum atomic E-state index is 0.0545. The minimum Gasteiger partial charge on any atom is -0.497 e. The van der Waals surface area contributed by atoms with E-state index in [4.69, 9.17) is 13.9 Å². The van der Waals surface area contributed by atoms with E-state index in [0.29, 0.717) is 50.7 Å². The third-order valence-corrected chi connectivity index (χ3v) is 4.78. The molecule has 0 saturated carbocycles. The number of aryl methyl sites for hydroxylation is 1. The molecule has 1 aromatic carbocycles. The molecular weight excluding hydrogens is 386 g/mol. The van der Waals surface area contributed by atoms with Crippen molar-refractivity contribution in [1.82, 2.24) is 24.9 Å². The van der Waals surface area contributed by atoms with Crippen molar-refractivity contribution in [2.24, 2.45) is 0 Å². The van der Waals surface area contributed by atoms with Gasteiger partial charge >= 0.3 is 0 Å². The zero-order valence-corrected chi connectivity index (χ0v) is 17.6. The number of hydrogen-bond donors (Lipinski definition) is 0. The van der Waals surface area contributed by atoms with Crippen LogP contribution in [0, 0.1) is 0 Å². The number of aromatic nitrogens is 4. The number of hydrogen-bond acceptors (Lipinski definition) is 7. The molecule has 0 aliphatic rings. The van der Waals surface area contributed by atoms with Crippen molar-refractivity contribution >= 4 is 5.91 Å². The second kappa shape index (κ2) is 10.4. The Kier molecular flexibility index (Phi) is 7.42. The molecule has 3 aromatic rings. The van der Waals surface area contributed by atoms with Crippen molar-refractivity contribution in [1.29, 1.82) is 0 Å². The molecule has 0 aliphatic heterocycles. The van der Waals surface area contributed by atoms with Crippen molar-refractivity contribution in [3.8, 4) is 11.5 Å². The van der Waals surface area contributed by atoms with Gasteiger partial charge in [-0.15, -0.1) is 10.2 Å². The summed E-state index contributed by atoms with van der Waals surface area (Å²) in [6.07, 6.45) is 4.75. The first kappa shape index (κ1) is 21.4. The fourth-order valence-electron chi connectivity index (χ4n) is 3.13. The SMILES string of the molecule is CCN(CCn1cccn1)C(=O)CCc1nnc(Cc2cc(OC)ccc2OC)o1. The Bertz CT molecular complexity index is 939. The molecule has 0 N–H and O–H groups in total. The van der Waals surface area contributed by atoms with Gasteiger partial charge in [-0.05, 0) is 31.2 Å². The molecule has 0 saturated heterocycles. The molecule has 0 fully saturated rings. The quantitative estimate of drug-likeness (QED) is 0.476. The predicted molar refractivity (Wildman–Crippen MR) is 109 cm³/mol. The topological polar surface area (TPSA) is 95.5 Å². The average Bonchev–Trinajstić information content (AvgIpc) is 3.44. The van der Waals surface area contributed by atoms with Crippen LogP contribution in [0.3, 0.4) is 0 Å². The Labute approximate surface area is 175 Å². The van der Waals surface area contributed by atoms with Crippen molar-refractivity contribution in [2.45, 2.75) is 32.7 Å². The Hall–Kier alpha value is -3.36. The molecular formula is C21H27N5O4. The minimum absolute atomic E-state index is 0.0545. The molecule has 0 unspecified atom stereocenters. The van der Waals surface area contributed by atoms with Crippen LogP contribution >= 0.6 is 0 Å². The number of carbonyl (C=O) groups is 1. The molecule has 9 heteroatoms. The molecule has 2 heterocycles. The highest BCUT2D eigenvalue weighted by molar-refractivity contribution is 5.76. The third kappa shape index (κ3) is 5.59. The van der Waals surface area contributed by atoms with E-state index in [9.17, 15) is 4.79 Å². The van der Waals surface area contributed by atoms with E-state index < -0.39 is 0 Å². The second-order valence-electron chi connectivity index (χ2n) is 6.69. The summed E-state index contributed by atoms with van der Waals surface area (Å²) < 4.78 is 18.2. The molecule has 2 aromatic heterocycles. The monoisotopic (exact) mass is 413 g/mol. The van der Waals surface area contributed by atoms with E-state index in [0.717, 1.165) is 17.1 Å². The van der Waals surface area contributed by atoms with E-state index in [-0.39, 0.29) is 5.91 Å². The van der Waals surface area contributed by atoms with Crippen LogP contribution in [0.5, 0.6) is 11.5 Å². The first-order valence-corrected chi connectivity index (χ1v) is 9.90. The summed E-state index contributed by atoms with van der Waals surface area (Å²) in [6.45, 7) is 3.89. The van der Waals surface area contributed by atoms with Crippen LogP contribution in [0.4, 0.5) is 0 Å². The van der Waals surface area contributed by atoms with E-state index in [1.165, 1.54) is 0 Å². The van der Waals surface area contributed by atoms with E-state index in [1.807, 2.05) is 42.1 Å². The van der Waals surface area contributed by atoms with Crippen LogP contribution in [0.15, 0.2) is 41.1 Å². The van der Waals surface area contributed by atoms with Gasteiger partial charge in [-0.2, -0.15) is 5.10 Å². The molecule has 3 rings (SSSR count). The average molecular weight is 413 g/mol. The molecule has 0 atom stereocenters. The van der Waals surface area contributed by atoms with Crippen LogP contribution in [0.1, 0.15) is 30.7 Å². The van der Waals surface area contributed by atoms with Gasteiger partial charge in [-0.3, -0.25) is 9.48 Å². The summed E-state index contributed by atoms with van der Waals surface area (Å²) in [4.78, 5) is 14.3. The van der Waals surface area contributed by atoms with Crippen molar-refractivity contribution in [2.75, 3.05) is 27.3 Å². The van der Waals surface area contributed by atoms with Crippen molar-refractivity contribution < 1.29 is 18.7 Å². The van der Waals surface area contributed by atoms with Crippen LogP contribution in [0.25, 0.3) is 0 Å². The third-order valence-electron chi connectivity index (χ3n) is 4.78. The lowest BCUT2D eigenvalue weighted by Crippen LogP contribution is -2.34. The smallest absolute Gasteiger partial charge is 0.223 e. The second-order valence-corrected chi connectivity index (χ2v) is 6.69. The van der Waals surface area contributed by atoms with Crippen LogP contribution in [0.2, 0.25) is 0 Å². The fraction of sp³-hybridized carbons (Fsp3) is 0.429. The Morgan fingerprint density at radius 2 is 2.03 bits per heavy atom. The number of amides is 1. The van der Waals surface area contributed by atoms with Gasteiger partial charge in [-0.1, -0.05) is 0 Å². The standard InChI is InChI=1S/C21H27N5O4/c1-4-25(12-13-26-11-5-10-22-26)21(27)9-8-19-23-24-20(30-19)15-16-14-17(28-2)6-7-18(16)29-3/h5-7,10-11,14H,4,8-9,12-13,15H2,1-3H3. The number of carbonyl (C=O) groups excluding carboxylic acids is 1. The molecule has 0 spiro atoms. The largest absolute Gasteiger partial charge is 0.497 e. The molecule has 9 nitrogen and oxygen atoms in total. The van der Waals surface area contributed by atoms with E-state index in [2.05, 4.69) is 15.3 Å². The summed E-state index contributed by atoms with van der Waals surface area (Å²) in [5.41, 5.74) is 0.888. The normalized spacial score (nSPS) is 10.8. The number of benzene rings is 1. The van der Waals surface area contributed by atoms with Gasteiger partial charge in [0.15, 0.2) is 0 Å². The number of ether oxygens (including phenoxy) is 2. The zero-order valence-electron chi connectivity index (χ0n) is 17.6. The first-order valence-electron chi connectivity index (χ1n) is 9.90. The molecule has 1 amide bonds. The van der Waals surface area contributed by atoms with Gasteiger partial charge in [0, 0.05) is 43.9 Å². The molecule has 0 aliphatic carbocycles. The van der Waals surface area contributed by atoms with Crippen LogP contribution in [-0.4, -0.2) is 58.1 Å². The summed E-state index contributed by atoms with van der Waals surface area (Å²) in [7, 11) is 3.23. The van der Waals surface area contributed by atoms with Crippen LogP contribution in [-0.2, 0) is 24.2 Å². The molecule has 0 bridgehead atoms. The first-order chi connectivity index (χ1) is 14.6. The van der Waals surface area contributed by atoms with Gasteiger partial charge in [0.1, 0.15) is 11.5 Å². The van der Waals surface area contributed by atoms with Crippen LogP contribution < -0.4 is 9.47 Å². The lowest BCUT2D eigenvalue weighted by atomic mass is 10.1. The van der Waals surface area contributed by atoms with Crippen molar-refractivity contribution in [3.63, 3.8) is 0 Å². The van der Waals surface area contributed by atoms with Gasteiger partial charge in [0.2, 0.25) is 17.7 Å². The Morgan fingerprint density at radius 3 is 2.73 bits per heavy atom. The summed E-state index contributed by atoms with van der Waals surface area (Å²) in [5.74, 6) is 2.42. The summed E-state index contributed by atoms with van der Waals surface area (Å²) >= 11 is 0. The van der Waals surface area contributed by atoms with Gasteiger partial charge < -0.3 is 18.8 Å². The number of rotatable bonds is 11. The molecule has 0 radical (unpaired) electrons. The highest BCUT2D eigenvalue weighted by Crippen LogP contribution is 2.26. The maximum Gasteiger partial charge on any atom is 0.223 e. The Morgan fingerprint density at radius 1 is 1.20 bits per heavy atom. The maximum absolute atomic E-state index is 12.5.